The zero-order valence-corrected chi connectivity index (χ0v) is 16.2. The second-order valence-corrected chi connectivity index (χ2v) is 9.08. The molecule has 0 bridgehead atoms. The summed E-state index contributed by atoms with van der Waals surface area (Å²) >= 11 is 0. The van der Waals surface area contributed by atoms with Crippen LogP contribution in [-0.4, -0.2) is 48.5 Å². The first-order valence-corrected chi connectivity index (χ1v) is 10.9. The number of benzene rings is 1. The highest BCUT2D eigenvalue weighted by Gasteiger charge is 2.50. The molecule has 2 aliphatic rings. The summed E-state index contributed by atoms with van der Waals surface area (Å²) in [5.41, 5.74) is 0.876. The second kappa shape index (κ2) is 7.98. The van der Waals surface area contributed by atoms with Crippen molar-refractivity contribution in [2.75, 3.05) is 6.61 Å². The number of sulfonamides is 1. The summed E-state index contributed by atoms with van der Waals surface area (Å²) in [5.74, 6) is -1.68. The molecular formula is C19H25NO6S. The molecule has 1 heterocycles. The van der Waals surface area contributed by atoms with Crippen LogP contribution in [0.4, 0.5) is 0 Å². The molecule has 1 saturated heterocycles. The van der Waals surface area contributed by atoms with E-state index in [1.165, 1.54) is 16.4 Å². The van der Waals surface area contributed by atoms with Crippen LogP contribution in [0, 0.1) is 5.92 Å². The molecule has 0 aromatic heterocycles. The van der Waals surface area contributed by atoms with E-state index in [-0.39, 0.29) is 24.3 Å². The Kier molecular flexibility index (Phi) is 5.86. The quantitative estimate of drug-likeness (QED) is 0.743. The number of nitrogens with zero attached hydrogens (tertiary/aromatic N) is 1. The number of esters is 1. The monoisotopic (exact) mass is 395 g/mol. The molecule has 27 heavy (non-hydrogen) atoms. The van der Waals surface area contributed by atoms with Gasteiger partial charge in [-0.25, -0.2) is 13.2 Å². The van der Waals surface area contributed by atoms with Gasteiger partial charge in [-0.05, 0) is 49.8 Å². The smallest absolute Gasteiger partial charge is 0.338 e. The van der Waals surface area contributed by atoms with Crippen molar-refractivity contribution in [2.45, 2.75) is 56.9 Å². The molecule has 0 spiro atoms. The first-order chi connectivity index (χ1) is 12.8. The Morgan fingerprint density at radius 1 is 1.19 bits per heavy atom. The molecule has 3 rings (SSSR count). The van der Waals surface area contributed by atoms with E-state index in [9.17, 15) is 23.1 Å². The van der Waals surface area contributed by atoms with Crippen LogP contribution in [0.2, 0.25) is 0 Å². The average molecular weight is 395 g/mol. The molecule has 148 valence electrons. The van der Waals surface area contributed by atoms with Crippen LogP contribution >= 0.6 is 0 Å². The molecule has 0 amide bonds. The molecule has 0 radical (unpaired) electrons. The lowest BCUT2D eigenvalue weighted by atomic mass is 9.85. The van der Waals surface area contributed by atoms with E-state index in [0.717, 1.165) is 25.7 Å². The third-order valence-electron chi connectivity index (χ3n) is 5.45. The van der Waals surface area contributed by atoms with E-state index in [0.29, 0.717) is 17.5 Å². The molecule has 1 aromatic rings. The summed E-state index contributed by atoms with van der Waals surface area (Å²) in [4.78, 5) is 23.4. The van der Waals surface area contributed by atoms with Crippen LogP contribution in [0.15, 0.2) is 24.3 Å². The summed E-state index contributed by atoms with van der Waals surface area (Å²) in [5, 5.41) is 9.55. The van der Waals surface area contributed by atoms with E-state index in [1.54, 1.807) is 19.1 Å². The molecule has 1 N–H and O–H groups in total. The maximum atomic E-state index is 13.1. The summed E-state index contributed by atoms with van der Waals surface area (Å²) in [6.45, 7) is 1.98. The van der Waals surface area contributed by atoms with Gasteiger partial charge < -0.3 is 9.84 Å². The van der Waals surface area contributed by atoms with Crippen LogP contribution in [-0.2, 0) is 25.3 Å². The minimum atomic E-state index is -3.78. The fraction of sp³-hybridized carbons (Fsp3) is 0.579. The Morgan fingerprint density at radius 3 is 2.48 bits per heavy atom. The predicted molar refractivity (Wildman–Crippen MR) is 98.6 cm³/mol. The molecule has 8 heteroatoms. The van der Waals surface area contributed by atoms with Crippen molar-refractivity contribution in [3.63, 3.8) is 0 Å². The normalized spacial score (nSPS) is 25.7. The van der Waals surface area contributed by atoms with Crippen molar-refractivity contribution in [1.82, 2.24) is 4.31 Å². The van der Waals surface area contributed by atoms with Gasteiger partial charge in [-0.15, -0.1) is 0 Å². The number of hydrogen-bond donors (Lipinski definition) is 1. The molecule has 7 nitrogen and oxygen atoms in total. The first-order valence-electron chi connectivity index (χ1n) is 9.33. The van der Waals surface area contributed by atoms with Gasteiger partial charge in [0.05, 0.1) is 17.9 Å². The largest absolute Gasteiger partial charge is 0.480 e. The van der Waals surface area contributed by atoms with E-state index < -0.39 is 28.0 Å². The van der Waals surface area contributed by atoms with Crippen molar-refractivity contribution in [3.8, 4) is 0 Å². The van der Waals surface area contributed by atoms with Gasteiger partial charge in [-0.2, -0.15) is 4.31 Å². The van der Waals surface area contributed by atoms with Gasteiger partial charge in [0.2, 0.25) is 10.0 Å². The molecule has 1 saturated carbocycles. The minimum absolute atomic E-state index is 0.126. The van der Waals surface area contributed by atoms with Gasteiger partial charge in [-0.3, -0.25) is 4.79 Å². The summed E-state index contributed by atoms with van der Waals surface area (Å²) in [6, 6.07) is 5.02. The minimum Gasteiger partial charge on any atom is -0.480 e. The zero-order valence-electron chi connectivity index (χ0n) is 15.3. The highest BCUT2D eigenvalue weighted by molar-refractivity contribution is 7.88. The average Bonchev–Trinajstić information content (AvgIpc) is 3.03. The van der Waals surface area contributed by atoms with Crippen LogP contribution in [0.1, 0.15) is 54.9 Å². The maximum absolute atomic E-state index is 13.1. The number of carboxylic acids is 1. The Hall–Kier alpha value is -1.93. The van der Waals surface area contributed by atoms with E-state index >= 15 is 0 Å². The van der Waals surface area contributed by atoms with Crippen LogP contribution in [0.5, 0.6) is 0 Å². The lowest BCUT2D eigenvalue weighted by Gasteiger charge is -2.32. The number of hydrogen-bond acceptors (Lipinski definition) is 5. The van der Waals surface area contributed by atoms with Gasteiger partial charge in [-0.1, -0.05) is 25.0 Å². The molecular weight excluding hydrogens is 370 g/mol. The van der Waals surface area contributed by atoms with E-state index in [4.69, 9.17) is 4.74 Å². The van der Waals surface area contributed by atoms with Gasteiger partial charge in [0.15, 0.2) is 0 Å². The molecule has 2 fully saturated rings. The Bertz CT molecular complexity index is 804. The number of ether oxygens (including phenoxy) is 1. The summed E-state index contributed by atoms with van der Waals surface area (Å²) in [6.07, 6.45) is 3.94. The van der Waals surface area contributed by atoms with Crippen molar-refractivity contribution in [1.29, 1.82) is 0 Å². The highest BCUT2D eigenvalue weighted by atomic mass is 32.2. The number of carboxylic acid groups (broad SMARTS) is 1. The van der Waals surface area contributed by atoms with Gasteiger partial charge in [0, 0.05) is 6.04 Å². The molecule has 1 aromatic carbocycles. The Morgan fingerprint density at radius 2 is 1.85 bits per heavy atom. The van der Waals surface area contributed by atoms with Crippen LogP contribution in [0.3, 0.4) is 0 Å². The van der Waals surface area contributed by atoms with E-state index in [1.807, 2.05) is 0 Å². The van der Waals surface area contributed by atoms with E-state index in [2.05, 4.69) is 0 Å². The molecule has 1 aliphatic heterocycles. The molecule has 3 atom stereocenters. The fourth-order valence-electron chi connectivity index (χ4n) is 4.27. The van der Waals surface area contributed by atoms with Crippen molar-refractivity contribution in [3.05, 3.63) is 35.4 Å². The van der Waals surface area contributed by atoms with Crippen LogP contribution in [0.25, 0.3) is 0 Å². The van der Waals surface area contributed by atoms with Crippen molar-refractivity contribution in [2.24, 2.45) is 5.92 Å². The first kappa shape index (κ1) is 19.8. The third-order valence-corrected chi connectivity index (χ3v) is 7.32. The van der Waals surface area contributed by atoms with Gasteiger partial charge in [0.25, 0.3) is 0 Å². The number of rotatable bonds is 6. The van der Waals surface area contributed by atoms with Crippen molar-refractivity contribution < 1.29 is 27.9 Å². The van der Waals surface area contributed by atoms with Gasteiger partial charge >= 0.3 is 11.9 Å². The zero-order chi connectivity index (χ0) is 19.6. The lowest BCUT2D eigenvalue weighted by molar-refractivity contribution is -0.141. The summed E-state index contributed by atoms with van der Waals surface area (Å²) < 4.78 is 32.3. The Balaban J connectivity index is 1.80. The number of carbonyl (C=O) groups is 2. The highest BCUT2D eigenvalue weighted by Crippen LogP contribution is 2.42. The SMILES string of the molecule is CCOC(=O)c1ccc(CS(=O)(=O)N2C(C(=O)O)CC3CCCCC32)cc1. The third kappa shape index (κ3) is 4.16. The molecule has 1 aliphatic carbocycles. The fourth-order valence-corrected chi connectivity index (χ4v) is 6.28. The number of aliphatic carboxylic acids is 1. The Labute approximate surface area is 159 Å². The predicted octanol–water partition coefficient (Wildman–Crippen LogP) is 2.41. The van der Waals surface area contributed by atoms with Gasteiger partial charge in [0.1, 0.15) is 6.04 Å². The lowest BCUT2D eigenvalue weighted by Crippen LogP contribution is -2.46. The standard InChI is InChI=1S/C19H25NO6S/c1-2-26-19(23)14-9-7-13(8-10-14)12-27(24,25)20-16-6-4-3-5-15(16)11-17(20)18(21)22/h7-10,15-17H,2-6,11-12H2,1H3,(H,21,22). The second-order valence-electron chi connectivity index (χ2n) is 7.21. The number of fused-ring (bicyclic) bond motifs is 1. The summed E-state index contributed by atoms with van der Waals surface area (Å²) in [7, 11) is -3.78. The van der Waals surface area contributed by atoms with Crippen LogP contribution < -0.4 is 0 Å². The molecule has 3 unspecified atom stereocenters. The maximum Gasteiger partial charge on any atom is 0.338 e. The van der Waals surface area contributed by atoms with Crippen molar-refractivity contribution >= 4 is 22.0 Å². The number of carbonyl (C=O) groups excluding carboxylic acids is 1. The topological polar surface area (TPSA) is 101 Å².